The van der Waals surface area contributed by atoms with Crippen molar-refractivity contribution in [3.63, 3.8) is 0 Å². The van der Waals surface area contributed by atoms with Crippen LogP contribution >= 0.6 is 0 Å². The first kappa shape index (κ1) is 15.8. The zero-order valence-corrected chi connectivity index (χ0v) is 11.7. The fraction of sp³-hybridized carbons (Fsp3) is 0.846. The molecule has 110 valence electrons. The van der Waals surface area contributed by atoms with Crippen LogP contribution in [0.25, 0.3) is 0 Å². The summed E-state index contributed by atoms with van der Waals surface area (Å²) in [6.07, 6.45) is 4.13. The summed E-state index contributed by atoms with van der Waals surface area (Å²) in [5.74, 6) is -1.09. The van der Waals surface area contributed by atoms with Gasteiger partial charge in [-0.15, -0.1) is 0 Å². The van der Waals surface area contributed by atoms with Crippen LogP contribution in [0, 0.1) is 5.41 Å². The molecular weight excluding hydrogens is 248 g/mol. The molecule has 1 unspecified atom stereocenters. The van der Waals surface area contributed by atoms with Gasteiger partial charge in [-0.2, -0.15) is 0 Å². The second-order valence-electron chi connectivity index (χ2n) is 5.85. The Labute approximate surface area is 113 Å². The molecule has 1 atom stereocenters. The molecule has 2 amide bonds. The quantitative estimate of drug-likeness (QED) is 0.531. The molecule has 0 aromatic carbocycles. The minimum Gasteiger partial charge on any atom is -0.481 e. The van der Waals surface area contributed by atoms with Gasteiger partial charge in [0.2, 0.25) is 0 Å². The van der Waals surface area contributed by atoms with Crippen LogP contribution < -0.4 is 10.6 Å². The molecule has 0 aromatic heterocycles. The van der Waals surface area contributed by atoms with Gasteiger partial charge in [0.1, 0.15) is 0 Å². The fourth-order valence-electron chi connectivity index (χ4n) is 2.21. The van der Waals surface area contributed by atoms with Crippen molar-refractivity contribution in [1.82, 2.24) is 10.6 Å². The molecule has 1 rings (SSSR count). The maximum absolute atomic E-state index is 11.6. The fourth-order valence-corrected chi connectivity index (χ4v) is 2.21. The van der Waals surface area contributed by atoms with Gasteiger partial charge in [0.15, 0.2) is 0 Å². The average molecular weight is 272 g/mol. The molecule has 19 heavy (non-hydrogen) atoms. The highest BCUT2D eigenvalue weighted by Gasteiger charge is 2.41. The van der Waals surface area contributed by atoms with Crippen molar-refractivity contribution in [3.8, 4) is 0 Å². The van der Waals surface area contributed by atoms with Gasteiger partial charge in [-0.3, -0.25) is 4.79 Å². The Bertz CT molecular complexity index is 338. The molecule has 0 heterocycles. The van der Waals surface area contributed by atoms with Crippen LogP contribution in [-0.2, 0) is 4.79 Å². The zero-order chi connectivity index (χ0) is 14.5. The van der Waals surface area contributed by atoms with Gasteiger partial charge in [-0.05, 0) is 31.6 Å². The highest BCUT2D eigenvalue weighted by atomic mass is 16.4. The Hall–Kier alpha value is -1.30. The van der Waals surface area contributed by atoms with E-state index in [2.05, 4.69) is 17.6 Å². The summed E-state index contributed by atoms with van der Waals surface area (Å²) >= 11 is 0. The van der Waals surface area contributed by atoms with E-state index in [4.69, 9.17) is 5.11 Å². The lowest BCUT2D eigenvalue weighted by atomic mass is 10.0. The minimum atomic E-state index is -1.43. The smallest absolute Gasteiger partial charge is 0.314 e. The molecule has 0 spiro atoms. The molecule has 0 saturated heterocycles. The largest absolute Gasteiger partial charge is 0.481 e. The van der Waals surface area contributed by atoms with Gasteiger partial charge >= 0.3 is 12.0 Å². The van der Waals surface area contributed by atoms with Gasteiger partial charge in [-0.1, -0.05) is 13.3 Å². The number of aliphatic hydroxyl groups is 1. The van der Waals surface area contributed by atoms with Gasteiger partial charge < -0.3 is 20.8 Å². The van der Waals surface area contributed by atoms with Crippen molar-refractivity contribution >= 4 is 12.0 Å². The van der Waals surface area contributed by atoms with Crippen molar-refractivity contribution in [3.05, 3.63) is 0 Å². The third-order valence-electron chi connectivity index (χ3n) is 3.52. The first-order valence-corrected chi connectivity index (χ1v) is 6.74. The SMILES string of the molecule is CCCC1(CNC(=O)NCC(C)(O)CC(=O)O)CC1. The molecule has 0 radical (unpaired) electrons. The maximum Gasteiger partial charge on any atom is 0.314 e. The first-order chi connectivity index (χ1) is 8.79. The Balaban J connectivity index is 2.23. The molecule has 0 bridgehead atoms. The van der Waals surface area contributed by atoms with E-state index in [-0.39, 0.29) is 18.0 Å². The van der Waals surface area contributed by atoms with E-state index in [0.29, 0.717) is 6.54 Å². The summed E-state index contributed by atoms with van der Waals surface area (Å²) in [5, 5.41) is 23.6. The van der Waals surface area contributed by atoms with E-state index < -0.39 is 18.0 Å². The number of rotatable bonds is 8. The third-order valence-corrected chi connectivity index (χ3v) is 3.52. The van der Waals surface area contributed by atoms with E-state index in [0.717, 1.165) is 25.7 Å². The number of hydrogen-bond acceptors (Lipinski definition) is 3. The number of nitrogens with one attached hydrogen (secondary N) is 2. The molecule has 1 fully saturated rings. The van der Waals surface area contributed by atoms with Gasteiger partial charge in [-0.25, -0.2) is 4.79 Å². The number of hydrogen-bond donors (Lipinski definition) is 4. The predicted molar refractivity (Wildman–Crippen MR) is 70.9 cm³/mol. The van der Waals surface area contributed by atoms with Gasteiger partial charge in [0, 0.05) is 13.1 Å². The summed E-state index contributed by atoms with van der Waals surface area (Å²) in [7, 11) is 0. The van der Waals surface area contributed by atoms with E-state index in [1.807, 2.05) is 0 Å². The number of carbonyl (C=O) groups excluding carboxylic acids is 1. The Morgan fingerprint density at radius 3 is 2.42 bits per heavy atom. The highest BCUT2D eigenvalue weighted by Crippen LogP contribution is 2.48. The second kappa shape index (κ2) is 6.23. The van der Waals surface area contributed by atoms with Gasteiger partial charge in [0.05, 0.1) is 12.0 Å². The average Bonchev–Trinajstić information content (AvgIpc) is 3.03. The standard InChI is InChI=1S/C13H24N2O4/c1-3-4-13(5-6-13)9-15-11(18)14-8-12(2,19)7-10(16)17/h19H,3-9H2,1-2H3,(H,16,17)(H2,14,15,18). The van der Waals surface area contributed by atoms with Crippen LogP contribution in [0.3, 0.4) is 0 Å². The van der Waals surface area contributed by atoms with Crippen molar-refractivity contribution in [2.75, 3.05) is 13.1 Å². The predicted octanol–water partition coefficient (Wildman–Crippen LogP) is 1.09. The molecule has 6 heteroatoms. The van der Waals surface area contributed by atoms with Crippen molar-refractivity contribution in [1.29, 1.82) is 0 Å². The van der Waals surface area contributed by atoms with Crippen LogP contribution in [0.4, 0.5) is 4.79 Å². The Morgan fingerprint density at radius 1 is 1.32 bits per heavy atom. The molecule has 6 nitrogen and oxygen atoms in total. The summed E-state index contributed by atoms with van der Waals surface area (Å²) in [5.41, 5.74) is -1.15. The molecule has 1 aliphatic carbocycles. The monoisotopic (exact) mass is 272 g/mol. The molecule has 1 saturated carbocycles. The molecule has 0 aliphatic heterocycles. The second-order valence-corrected chi connectivity index (χ2v) is 5.85. The van der Waals surface area contributed by atoms with Crippen LogP contribution in [0.5, 0.6) is 0 Å². The van der Waals surface area contributed by atoms with Crippen LogP contribution in [0.2, 0.25) is 0 Å². The molecule has 0 aromatic rings. The number of urea groups is 1. The van der Waals surface area contributed by atoms with Crippen molar-refractivity contribution in [2.45, 2.75) is 51.6 Å². The number of carbonyl (C=O) groups is 2. The van der Waals surface area contributed by atoms with Crippen molar-refractivity contribution in [2.24, 2.45) is 5.41 Å². The van der Waals surface area contributed by atoms with Crippen LogP contribution in [0.1, 0.15) is 46.0 Å². The lowest BCUT2D eigenvalue weighted by Gasteiger charge is -2.22. The highest BCUT2D eigenvalue weighted by molar-refractivity contribution is 5.74. The van der Waals surface area contributed by atoms with E-state index in [1.54, 1.807) is 0 Å². The first-order valence-electron chi connectivity index (χ1n) is 6.74. The van der Waals surface area contributed by atoms with Crippen LogP contribution in [0.15, 0.2) is 0 Å². The Kier molecular flexibility index (Phi) is 5.17. The third kappa shape index (κ3) is 5.92. The van der Waals surface area contributed by atoms with Gasteiger partial charge in [0.25, 0.3) is 0 Å². The number of amides is 2. The summed E-state index contributed by atoms with van der Waals surface area (Å²) in [6.45, 7) is 4.09. The zero-order valence-electron chi connectivity index (χ0n) is 11.7. The van der Waals surface area contributed by atoms with E-state index in [1.165, 1.54) is 6.92 Å². The Morgan fingerprint density at radius 2 is 1.95 bits per heavy atom. The lowest BCUT2D eigenvalue weighted by Crippen LogP contribution is -2.46. The normalized spacial score (nSPS) is 19.3. The molecular formula is C13H24N2O4. The number of carboxylic acid groups (broad SMARTS) is 1. The van der Waals surface area contributed by atoms with Crippen molar-refractivity contribution < 1.29 is 19.8 Å². The lowest BCUT2D eigenvalue weighted by molar-refractivity contribution is -0.141. The minimum absolute atomic E-state index is 0.0775. The maximum atomic E-state index is 11.6. The van der Waals surface area contributed by atoms with E-state index in [9.17, 15) is 14.7 Å². The van der Waals surface area contributed by atoms with Crippen LogP contribution in [-0.4, -0.2) is 40.9 Å². The number of carboxylic acids is 1. The summed E-state index contributed by atoms with van der Waals surface area (Å²) in [4.78, 5) is 22.1. The van der Waals surface area contributed by atoms with E-state index >= 15 is 0 Å². The number of aliphatic carboxylic acids is 1. The molecule has 4 N–H and O–H groups in total. The summed E-state index contributed by atoms with van der Waals surface area (Å²) in [6, 6.07) is -0.354. The topological polar surface area (TPSA) is 98.7 Å². The summed E-state index contributed by atoms with van der Waals surface area (Å²) < 4.78 is 0. The molecule has 1 aliphatic rings.